The molecule has 0 atom stereocenters. The van der Waals surface area contributed by atoms with E-state index in [2.05, 4.69) is 9.84 Å². The Balaban J connectivity index is 2.45. The lowest BCUT2D eigenvalue weighted by Gasteiger charge is -2.08. The Kier molecular flexibility index (Phi) is 2.31. The highest BCUT2D eigenvalue weighted by Gasteiger charge is 2.56. The van der Waals surface area contributed by atoms with Gasteiger partial charge in [-0.15, -0.1) is 0 Å². The first-order chi connectivity index (χ1) is 8.05. The molecule has 0 aliphatic heterocycles. The van der Waals surface area contributed by atoms with E-state index in [4.69, 9.17) is 5.26 Å². The molecule has 0 amide bonds. The second-order valence-corrected chi connectivity index (χ2v) is 3.70. The van der Waals surface area contributed by atoms with E-state index >= 15 is 0 Å². The summed E-state index contributed by atoms with van der Waals surface area (Å²) < 4.78 is 5.78. The number of nitriles is 1. The number of hydrogen-bond donors (Lipinski definition) is 0. The fraction of sp³-hybridized carbons (Fsp3) is 0.444. The molecule has 0 saturated heterocycles. The van der Waals surface area contributed by atoms with Crippen molar-refractivity contribution in [1.29, 1.82) is 5.26 Å². The first-order valence-electron chi connectivity index (χ1n) is 4.78. The van der Waals surface area contributed by atoms with Gasteiger partial charge in [0.1, 0.15) is 6.07 Å². The smallest absolute Gasteiger partial charge is 0.407 e. The van der Waals surface area contributed by atoms with Crippen molar-refractivity contribution < 1.29 is 14.5 Å². The first kappa shape index (κ1) is 11.1. The van der Waals surface area contributed by atoms with Gasteiger partial charge in [0.15, 0.2) is 11.1 Å². The van der Waals surface area contributed by atoms with Gasteiger partial charge in [-0.2, -0.15) is 9.94 Å². The number of nitrogens with zero attached hydrogens (tertiary/aromatic N) is 4. The second-order valence-electron chi connectivity index (χ2n) is 3.70. The highest BCUT2D eigenvalue weighted by atomic mass is 16.6. The average molecular weight is 236 g/mol. The Morgan fingerprint density at radius 1 is 1.76 bits per heavy atom. The third-order valence-corrected chi connectivity index (χ3v) is 2.72. The number of rotatable bonds is 3. The molecule has 1 aromatic rings. The lowest BCUT2D eigenvalue weighted by Crippen LogP contribution is -2.29. The summed E-state index contributed by atoms with van der Waals surface area (Å²) in [7, 11) is 1.24. The molecule has 2 rings (SSSR count). The molecule has 1 aliphatic rings. The van der Waals surface area contributed by atoms with Gasteiger partial charge in [0, 0.05) is 0 Å². The molecule has 1 aliphatic carbocycles. The minimum Gasteiger partial charge on any atom is -0.467 e. The Morgan fingerprint density at radius 2 is 2.41 bits per heavy atom. The number of methoxy groups -OCH3 is 1. The van der Waals surface area contributed by atoms with E-state index in [1.807, 2.05) is 0 Å². The van der Waals surface area contributed by atoms with Crippen LogP contribution in [0, 0.1) is 21.4 Å². The van der Waals surface area contributed by atoms with Crippen molar-refractivity contribution in [3.8, 4) is 6.07 Å². The number of nitro groups is 1. The van der Waals surface area contributed by atoms with Crippen LogP contribution in [0.1, 0.15) is 18.4 Å². The predicted molar refractivity (Wildman–Crippen MR) is 52.8 cm³/mol. The summed E-state index contributed by atoms with van der Waals surface area (Å²) in [5, 5.41) is 23.1. The summed E-state index contributed by atoms with van der Waals surface area (Å²) >= 11 is 0. The summed E-state index contributed by atoms with van der Waals surface area (Å²) in [6, 6.07) is 1.68. The second kappa shape index (κ2) is 3.55. The molecule has 0 bridgehead atoms. The van der Waals surface area contributed by atoms with Gasteiger partial charge in [-0.3, -0.25) is 0 Å². The molecule has 1 fully saturated rings. The zero-order chi connectivity index (χ0) is 12.6. The Bertz CT molecular complexity index is 538. The van der Waals surface area contributed by atoms with Crippen molar-refractivity contribution in [3.05, 3.63) is 21.9 Å². The molecule has 0 N–H and O–H groups in total. The van der Waals surface area contributed by atoms with Gasteiger partial charge in [0.25, 0.3) is 0 Å². The summed E-state index contributed by atoms with van der Waals surface area (Å²) in [6.45, 7) is 0. The standard InChI is InChI=1S/C9H8N4O4/c1-17-8(14)9(2-3-9)12-5-6(4-10)7(11-12)13(15)16/h5H,2-3H2,1H3. The SMILES string of the molecule is COC(=O)C1(n2cc(C#N)c([N+](=O)[O-])n2)CC1. The van der Waals surface area contributed by atoms with Crippen LogP contribution in [0.3, 0.4) is 0 Å². The summed E-state index contributed by atoms with van der Waals surface area (Å²) in [5.74, 6) is -1.04. The molecule has 8 nitrogen and oxygen atoms in total. The van der Waals surface area contributed by atoms with Crippen molar-refractivity contribution in [3.63, 3.8) is 0 Å². The van der Waals surface area contributed by atoms with Crippen LogP contribution in [0.5, 0.6) is 0 Å². The Hall–Kier alpha value is -2.43. The fourth-order valence-electron chi connectivity index (χ4n) is 1.63. The zero-order valence-corrected chi connectivity index (χ0v) is 8.91. The van der Waals surface area contributed by atoms with Gasteiger partial charge in [0.2, 0.25) is 0 Å². The van der Waals surface area contributed by atoms with Gasteiger partial charge < -0.3 is 14.9 Å². The zero-order valence-electron chi connectivity index (χ0n) is 8.91. The fourth-order valence-corrected chi connectivity index (χ4v) is 1.63. The lowest BCUT2D eigenvalue weighted by molar-refractivity contribution is -0.390. The van der Waals surface area contributed by atoms with Crippen LogP contribution in [-0.4, -0.2) is 27.8 Å². The Morgan fingerprint density at radius 3 is 2.76 bits per heavy atom. The molecule has 1 saturated carbocycles. The third kappa shape index (κ3) is 1.52. The molecule has 0 aromatic carbocycles. The van der Waals surface area contributed by atoms with Crippen LogP contribution in [-0.2, 0) is 15.1 Å². The predicted octanol–water partition coefficient (Wildman–Crippen LogP) is 0.325. The molecule has 8 heteroatoms. The minimum absolute atomic E-state index is 0.162. The van der Waals surface area contributed by atoms with Crippen LogP contribution >= 0.6 is 0 Å². The molecule has 17 heavy (non-hydrogen) atoms. The van der Waals surface area contributed by atoms with E-state index in [1.54, 1.807) is 6.07 Å². The number of aromatic nitrogens is 2. The lowest BCUT2D eigenvalue weighted by atomic mass is 10.3. The van der Waals surface area contributed by atoms with Crippen LogP contribution in [0.4, 0.5) is 5.82 Å². The molecule has 0 radical (unpaired) electrons. The van der Waals surface area contributed by atoms with Crippen molar-refractivity contribution >= 4 is 11.8 Å². The maximum atomic E-state index is 11.5. The summed E-state index contributed by atoms with van der Waals surface area (Å²) in [6.07, 6.45) is 2.22. The van der Waals surface area contributed by atoms with Gasteiger partial charge >= 0.3 is 11.8 Å². The van der Waals surface area contributed by atoms with Crippen molar-refractivity contribution in [2.75, 3.05) is 7.11 Å². The quantitative estimate of drug-likeness (QED) is 0.424. The number of hydrogen-bond acceptors (Lipinski definition) is 6. The van der Waals surface area contributed by atoms with Crippen LogP contribution in [0.25, 0.3) is 0 Å². The Labute approximate surface area is 95.5 Å². The minimum atomic E-state index is -0.964. The molecule has 0 unspecified atom stereocenters. The number of ether oxygens (including phenoxy) is 1. The molecule has 88 valence electrons. The van der Waals surface area contributed by atoms with E-state index in [9.17, 15) is 14.9 Å². The first-order valence-corrected chi connectivity index (χ1v) is 4.78. The molecule has 1 aromatic heterocycles. The highest BCUT2D eigenvalue weighted by Crippen LogP contribution is 2.44. The van der Waals surface area contributed by atoms with Crippen molar-refractivity contribution in [2.45, 2.75) is 18.4 Å². The van der Waals surface area contributed by atoms with Crippen LogP contribution in [0.15, 0.2) is 6.20 Å². The topological polar surface area (TPSA) is 111 Å². The van der Waals surface area contributed by atoms with Gasteiger partial charge in [0.05, 0.1) is 18.4 Å². The molecular weight excluding hydrogens is 228 g/mol. The molecule has 1 heterocycles. The van der Waals surface area contributed by atoms with E-state index in [-0.39, 0.29) is 5.56 Å². The van der Waals surface area contributed by atoms with Gasteiger partial charge in [-0.05, 0) is 17.8 Å². The van der Waals surface area contributed by atoms with E-state index in [0.29, 0.717) is 12.8 Å². The average Bonchev–Trinajstić information content (AvgIpc) is 3.01. The van der Waals surface area contributed by atoms with Crippen LogP contribution in [0.2, 0.25) is 0 Å². The third-order valence-electron chi connectivity index (χ3n) is 2.72. The van der Waals surface area contributed by atoms with Crippen LogP contribution < -0.4 is 0 Å². The van der Waals surface area contributed by atoms with Gasteiger partial charge in [-0.1, -0.05) is 0 Å². The molecule has 0 spiro atoms. The normalized spacial score (nSPS) is 16.0. The maximum Gasteiger partial charge on any atom is 0.407 e. The molecular formula is C9H8N4O4. The maximum absolute atomic E-state index is 11.5. The number of carbonyl (C=O) groups is 1. The summed E-state index contributed by atoms with van der Waals surface area (Å²) in [4.78, 5) is 21.4. The van der Waals surface area contributed by atoms with E-state index in [1.165, 1.54) is 13.3 Å². The monoisotopic (exact) mass is 236 g/mol. The highest BCUT2D eigenvalue weighted by molar-refractivity contribution is 5.81. The van der Waals surface area contributed by atoms with Crippen molar-refractivity contribution in [2.24, 2.45) is 0 Å². The largest absolute Gasteiger partial charge is 0.467 e. The number of carbonyl (C=O) groups excluding carboxylic acids is 1. The number of esters is 1. The van der Waals surface area contributed by atoms with E-state index in [0.717, 1.165) is 4.68 Å². The summed E-state index contributed by atoms with van der Waals surface area (Å²) in [5.41, 5.74) is -1.13. The van der Waals surface area contributed by atoms with Gasteiger partial charge in [-0.25, -0.2) is 4.79 Å². The van der Waals surface area contributed by atoms with Crippen molar-refractivity contribution in [1.82, 2.24) is 9.78 Å². The van der Waals surface area contributed by atoms with E-state index < -0.39 is 22.2 Å².